The van der Waals surface area contributed by atoms with Gasteiger partial charge in [-0.15, -0.1) is 11.3 Å². The summed E-state index contributed by atoms with van der Waals surface area (Å²) in [6.07, 6.45) is 0.749. The van der Waals surface area contributed by atoms with Crippen LogP contribution in [0.3, 0.4) is 0 Å². The van der Waals surface area contributed by atoms with Crippen molar-refractivity contribution in [2.75, 3.05) is 24.6 Å². The molecule has 1 saturated heterocycles. The summed E-state index contributed by atoms with van der Waals surface area (Å²) in [7, 11) is 0. The van der Waals surface area contributed by atoms with E-state index in [0.717, 1.165) is 28.4 Å². The zero-order chi connectivity index (χ0) is 15.0. The topological polar surface area (TPSA) is 60.9 Å². The molecule has 3 rings (SSSR count). The minimum atomic E-state index is -0.943. The number of nitrogens with zero attached hydrogens (tertiary/aromatic N) is 2. The van der Waals surface area contributed by atoms with Crippen molar-refractivity contribution in [1.29, 1.82) is 0 Å². The van der Waals surface area contributed by atoms with Crippen LogP contribution in [0.4, 0.5) is 4.79 Å². The van der Waals surface area contributed by atoms with Crippen molar-refractivity contribution in [2.24, 2.45) is 0 Å². The van der Waals surface area contributed by atoms with Crippen LogP contribution >= 0.6 is 23.1 Å². The number of hydrogen-bond donors (Lipinski definition) is 1. The number of carboxylic acids is 1. The van der Waals surface area contributed by atoms with E-state index in [9.17, 15) is 14.7 Å². The van der Waals surface area contributed by atoms with Crippen LogP contribution < -0.4 is 0 Å². The second kappa shape index (κ2) is 5.88. The number of aliphatic carboxylic acids is 1. The highest BCUT2D eigenvalue weighted by atomic mass is 32.2. The Hall–Kier alpha value is -1.21. The highest BCUT2D eigenvalue weighted by Crippen LogP contribution is 2.34. The largest absolute Gasteiger partial charge is 0.479 e. The van der Waals surface area contributed by atoms with E-state index >= 15 is 0 Å². The van der Waals surface area contributed by atoms with Crippen molar-refractivity contribution in [3.05, 3.63) is 21.9 Å². The minimum Gasteiger partial charge on any atom is -0.479 e. The molecule has 2 atom stereocenters. The van der Waals surface area contributed by atoms with Crippen LogP contribution in [-0.4, -0.2) is 57.5 Å². The number of carbonyl (C=O) groups excluding carboxylic acids is 1. The summed E-state index contributed by atoms with van der Waals surface area (Å²) in [6, 6.07) is 1.03. The number of rotatable bonds is 1. The van der Waals surface area contributed by atoms with Gasteiger partial charge in [-0.25, -0.2) is 9.59 Å². The first kappa shape index (κ1) is 14.7. The predicted octanol–water partition coefficient (Wildman–Crippen LogP) is 2.29. The summed E-state index contributed by atoms with van der Waals surface area (Å²) in [4.78, 5) is 28.9. The van der Waals surface area contributed by atoms with Crippen LogP contribution in [0.2, 0.25) is 0 Å². The zero-order valence-electron chi connectivity index (χ0n) is 11.8. The first-order chi connectivity index (χ1) is 10.1. The van der Waals surface area contributed by atoms with Crippen LogP contribution in [0.25, 0.3) is 0 Å². The second-order valence-corrected chi connectivity index (χ2v) is 7.53. The molecule has 1 N–H and O–H groups in total. The maximum atomic E-state index is 12.8. The summed E-state index contributed by atoms with van der Waals surface area (Å²) in [5.74, 6) is 0.897. The molecular formula is C14H18N2O3S2. The number of amides is 2. The number of carboxylic acid groups (broad SMARTS) is 1. The van der Waals surface area contributed by atoms with Crippen molar-refractivity contribution >= 4 is 35.1 Å². The van der Waals surface area contributed by atoms with E-state index < -0.39 is 12.0 Å². The minimum absolute atomic E-state index is 0.132. The standard InChI is InChI=1S/C14H18N2O3S2/c1-9-8-20-7-5-15(9)14(19)16-4-2-11-10(3-6-21-11)12(16)13(17)18/h3,6,9,12H,2,4-5,7-8H2,1H3,(H,17,18). The average molecular weight is 326 g/mol. The van der Waals surface area contributed by atoms with Gasteiger partial charge in [-0.2, -0.15) is 11.8 Å². The molecule has 0 aromatic carbocycles. The molecule has 2 aliphatic heterocycles. The summed E-state index contributed by atoms with van der Waals surface area (Å²) in [6.45, 7) is 3.21. The first-order valence-electron chi connectivity index (χ1n) is 7.03. The Morgan fingerprint density at radius 3 is 2.86 bits per heavy atom. The number of thiophene rings is 1. The Kier molecular flexibility index (Phi) is 4.12. The highest BCUT2D eigenvalue weighted by Gasteiger charge is 2.39. The lowest BCUT2D eigenvalue weighted by Crippen LogP contribution is -2.54. The third-order valence-electron chi connectivity index (χ3n) is 4.06. The highest BCUT2D eigenvalue weighted by molar-refractivity contribution is 7.99. The zero-order valence-corrected chi connectivity index (χ0v) is 13.5. The van der Waals surface area contributed by atoms with Gasteiger partial charge >= 0.3 is 12.0 Å². The summed E-state index contributed by atoms with van der Waals surface area (Å²) in [5, 5.41) is 11.5. The molecule has 0 spiro atoms. The van der Waals surface area contributed by atoms with Gasteiger partial charge in [0.1, 0.15) is 0 Å². The van der Waals surface area contributed by atoms with Crippen LogP contribution in [0.15, 0.2) is 11.4 Å². The summed E-state index contributed by atoms with van der Waals surface area (Å²) < 4.78 is 0. The van der Waals surface area contributed by atoms with Crippen LogP contribution in [0.1, 0.15) is 23.4 Å². The van der Waals surface area contributed by atoms with E-state index in [1.807, 2.05) is 35.0 Å². The van der Waals surface area contributed by atoms with Gasteiger partial charge in [0.2, 0.25) is 0 Å². The fourth-order valence-electron chi connectivity index (χ4n) is 2.97. The van der Waals surface area contributed by atoms with Gasteiger partial charge in [0.15, 0.2) is 6.04 Å². The van der Waals surface area contributed by atoms with Gasteiger partial charge in [0.05, 0.1) is 0 Å². The van der Waals surface area contributed by atoms with Gasteiger partial charge in [0.25, 0.3) is 0 Å². The van der Waals surface area contributed by atoms with Gasteiger partial charge in [0, 0.05) is 35.5 Å². The van der Waals surface area contributed by atoms with Gasteiger partial charge < -0.3 is 14.9 Å². The lowest BCUT2D eigenvalue weighted by atomic mass is 10.0. The van der Waals surface area contributed by atoms with E-state index in [2.05, 4.69) is 0 Å². The quantitative estimate of drug-likeness (QED) is 0.860. The van der Waals surface area contributed by atoms with Crippen molar-refractivity contribution in [2.45, 2.75) is 25.4 Å². The molecule has 5 nitrogen and oxygen atoms in total. The smallest absolute Gasteiger partial charge is 0.331 e. The third-order valence-corrected chi connectivity index (χ3v) is 6.24. The van der Waals surface area contributed by atoms with E-state index in [-0.39, 0.29) is 12.1 Å². The number of fused-ring (bicyclic) bond motifs is 1. The molecule has 0 aliphatic carbocycles. The average Bonchev–Trinajstić information content (AvgIpc) is 2.94. The lowest BCUT2D eigenvalue weighted by molar-refractivity contribution is -0.143. The molecule has 114 valence electrons. The molecule has 3 heterocycles. The summed E-state index contributed by atoms with van der Waals surface area (Å²) in [5.41, 5.74) is 0.783. The molecule has 0 radical (unpaired) electrons. The molecule has 7 heteroatoms. The molecule has 2 unspecified atom stereocenters. The van der Waals surface area contributed by atoms with Crippen molar-refractivity contribution in [3.63, 3.8) is 0 Å². The fraction of sp³-hybridized carbons (Fsp3) is 0.571. The second-order valence-electron chi connectivity index (χ2n) is 5.38. The van der Waals surface area contributed by atoms with Crippen molar-refractivity contribution in [1.82, 2.24) is 9.80 Å². The Labute approximate surface area is 131 Å². The molecule has 1 fully saturated rings. The fourth-order valence-corrected chi connectivity index (χ4v) is 4.88. The van der Waals surface area contributed by atoms with E-state index in [1.54, 1.807) is 11.3 Å². The summed E-state index contributed by atoms with van der Waals surface area (Å²) >= 11 is 3.42. The molecular weight excluding hydrogens is 308 g/mol. The first-order valence-corrected chi connectivity index (χ1v) is 9.07. The Bertz CT molecular complexity index is 560. The molecule has 21 heavy (non-hydrogen) atoms. The lowest BCUT2D eigenvalue weighted by Gasteiger charge is -2.40. The molecule has 2 aliphatic rings. The maximum Gasteiger partial charge on any atom is 0.331 e. The Morgan fingerprint density at radius 2 is 2.14 bits per heavy atom. The number of urea groups is 1. The number of carbonyl (C=O) groups is 2. The van der Waals surface area contributed by atoms with Crippen molar-refractivity contribution in [3.8, 4) is 0 Å². The van der Waals surface area contributed by atoms with Gasteiger partial charge in [-0.3, -0.25) is 0 Å². The normalized spacial score (nSPS) is 25.6. The Morgan fingerprint density at radius 1 is 1.33 bits per heavy atom. The van der Waals surface area contributed by atoms with Gasteiger partial charge in [-0.1, -0.05) is 0 Å². The molecule has 0 bridgehead atoms. The predicted molar refractivity (Wildman–Crippen MR) is 84.0 cm³/mol. The number of thioether (sulfide) groups is 1. The third kappa shape index (κ3) is 2.64. The SMILES string of the molecule is CC1CSCCN1C(=O)N1CCc2sccc2C1C(=O)O. The van der Waals surface area contributed by atoms with Crippen LogP contribution in [0.5, 0.6) is 0 Å². The molecule has 1 aromatic heterocycles. The van der Waals surface area contributed by atoms with Crippen LogP contribution in [-0.2, 0) is 11.2 Å². The van der Waals surface area contributed by atoms with Crippen molar-refractivity contribution < 1.29 is 14.7 Å². The maximum absolute atomic E-state index is 12.8. The monoisotopic (exact) mass is 326 g/mol. The van der Waals surface area contributed by atoms with E-state index in [4.69, 9.17) is 0 Å². The van der Waals surface area contributed by atoms with Gasteiger partial charge in [-0.05, 0) is 30.4 Å². The van der Waals surface area contributed by atoms with E-state index in [1.165, 1.54) is 4.90 Å². The van der Waals surface area contributed by atoms with Crippen LogP contribution in [0, 0.1) is 0 Å². The van der Waals surface area contributed by atoms with E-state index in [0.29, 0.717) is 13.1 Å². The molecule has 0 saturated carbocycles. The molecule has 1 aromatic rings. The Balaban J connectivity index is 1.87. The molecule has 2 amide bonds. The number of hydrogen-bond acceptors (Lipinski definition) is 4.